The molecular weight excluding hydrogens is 224 g/mol. The first-order valence-corrected chi connectivity index (χ1v) is 5.80. The minimum atomic E-state index is -0.182. The maximum absolute atomic E-state index is 11.5. The van der Waals surface area contributed by atoms with Crippen LogP contribution < -0.4 is 5.32 Å². The second kappa shape index (κ2) is 4.94. The normalized spacial score (nSPS) is 10.3. The van der Waals surface area contributed by atoms with Crippen molar-refractivity contribution in [1.29, 1.82) is 0 Å². The van der Waals surface area contributed by atoms with Gasteiger partial charge in [0.1, 0.15) is 0 Å². The number of carbonyl (C=O) groups excluding carboxylic acids is 1. The summed E-state index contributed by atoms with van der Waals surface area (Å²) in [5.41, 5.74) is 0. The average molecular weight is 236 g/mol. The molecule has 2 heterocycles. The largest absolute Gasteiger partial charge is 0.459 e. The van der Waals surface area contributed by atoms with Crippen LogP contribution in [0.2, 0.25) is 0 Å². The maximum atomic E-state index is 11.5. The first kappa shape index (κ1) is 10.9. The zero-order chi connectivity index (χ0) is 11.4. The SMILES string of the molecule is Cc1cnc(CCNC(=O)c2ccco2)s1. The van der Waals surface area contributed by atoms with E-state index in [-0.39, 0.29) is 5.91 Å². The monoisotopic (exact) mass is 236 g/mol. The van der Waals surface area contributed by atoms with E-state index in [0.717, 1.165) is 11.4 Å². The van der Waals surface area contributed by atoms with Gasteiger partial charge >= 0.3 is 0 Å². The van der Waals surface area contributed by atoms with Crippen LogP contribution in [0.15, 0.2) is 29.0 Å². The highest BCUT2D eigenvalue weighted by molar-refractivity contribution is 7.11. The molecule has 0 unspecified atom stereocenters. The molecule has 0 bridgehead atoms. The zero-order valence-corrected chi connectivity index (χ0v) is 9.71. The molecule has 0 aliphatic heterocycles. The van der Waals surface area contributed by atoms with E-state index in [9.17, 15) is 4.79 Å². The van der Waals surface area contributed by atoms with Gasteiger partial charge in [-0.05, 0) is 19.1 Å². The van der Waals surface area contributed by atoms with Crippen molar-refractivity contribution in [3.63, 3.8) is 0 Å². The lowest BCUT2D eigenvalue weighted by molar-refractivity contribution is 0.0926. The number of hydrogen-bond acceptors (Lipinski definition) is 4. The van der Waals surface area contributed by atoms with Crippen molar-refractivity contribution in [2.45, 2.75) is 13.3 Å². The number of nitrogens with one attached hydrogen (secondary N) is 1. The Labute approximate surface area is 97.3 Å². The molecule has 2 rings (SSSR count). The minimum absolute atomic E-state index is 0.182. The van der Waals surface area contributed by atoms with Crippen LogP contribution in [0.5, 0.6) is 0 Å². The van der Waals surface area contributed by atoms with Gasteiger partial charge in [-0.15, -0.1) is 11.3 Å². The lowest BCUT2D eigenvalue weighted by Crippen LogP contribution is -2.25. The summed E-state index contributed by atoms with van der Waals surface area (Å²) in [5, 5.41) is 3.82. The van der Waals surface area contributed by atoms with Crippen LogP contribution in [0.4, 0.5) is 0 Å². The topological polar surface area (TPSA) is 55.1 Å². The fourth-order valence-corrected chi connectivity index (χ4v) is 2.08. The molecule has 16 heavy (non-hydrogen) atoms. The van der Waals surface area contributed by atoms with Crippen LogP contribution in [-0.4, -0.2) is 17.4 Å². The molecular formula is C11H12N2O2S. The van der Waals surface area contributed by atoms with Crippen LogP contribution in [0.3, 0.4) is 0 Å². The van der Waals surface area contributed by atoms with Gasteiger partial charge in [-0.25, -0.2) is 4.98 Å². The van der Waals surface area contributed by atoms with Crippen molar-refractivity contribution in [3.8, 4) is 0 Å². The van der Waals surface area contributed by atoms with E-state index in [0.29, 0.717) is 12.3 Å². The summed E-state index contributed by atoms with van der Waals surface area (Å²) >= 11 is 1.65. The highest BCUT2D eigenvalue weighted by Crippen LogP contribution is 2.11. The van der Waals surface area contributed by atoms with Gasteiger partial charge in [-0.3, -0.25) is 4.79 Å². The number of nitrogens with zero attached hydrogens (tertiary/aromatic N) is 1. The van der Waals surface area contributed by atoms with Crippen LogP contribution >= 0.6 is 11.3 Å². The third kappa shape index (κ3) is 2.70. The number of hydrogen-bond donors (Lipinski definition) is 1. The quantitative estimate of drug-likeness (QED) is 0.883. The van der Waals surface area contributed by atoms with E-state index in [2.05, 4.69) is 10.3 Å². The number of aromatic nitrogens is 1. The van der Waals surface area contributed by atoms with Crippen LogP contribution in [0, 0.1) is 6.92 Å². The molecule has 84 valence electrons. The van der Waals surface area contributed by atoms with Crippen LogP contribution in [0.1, 0.15) is 20.4 Å². The third-order valence-electron chi connectivity index (χ3n) is 2.04. The second-order valence-electron chi connectivity index (χ2n) is 3.35. The number of aryl methyl sites for hydroxylation is 1. The molecule has 0 saturated carbocycles. The predicted octanol–water partition coefficient (Wildman–Crippen LogP) is 2.02. The molecule has 0 aromatic carbocycles. The molecule has 0 atom stereocenters. The summed E-state index contributed by atoms with van der Waals surface area (Å²) in [6.07, 6.45) is 4.08. The lowest BCUT2D eigenvalue weighted by Gasteiger charge is -2.00. The fraction of sp³-hybridized carbons (Fsp3) is 0.273. The molecule has 2 aromatic rings. The van der Waals surface area contributed by atoms with E-state index >= 15 is 0 Å². The van der Waals surface area contributed by atoms with E-state index in [4.69, 9.17) is 4.42 Å². The molecule has 0 spiro atoms. The number of rotatable bonds is 4. The minimum Gasteiger partial charge on any atom is -0.459 e. The first-order valence-electron chi connectivity index (χ1n) is 4.99. The Hall–Kier alpha value is -1.62. The summed E-state index contributed by atoms with van der Waals surface area (Å²) < 4.78 is 4.98. The third-order valence-corrected chi connectivity index (χ3v) is 3.01. The van der Waals surface area contributed by atoms with Gasteiger partial charge in [-0.2, -0.15) is 0 Å². The van der Waals surface area contributed by atoms with Gasteiger partial charge in [0.15, 0.2) is 5.76 Å². The molecule has 0 aliphatic carbocycles. The van der Waals surface area contributed by atoms with Crippen LogP contribution in [-0.2, 0) is 6.42 Å². The zero-order valence-electron chi connectivity index (χ0n) is 8.90. The Morgan fingerprint density at radius 3 is 3.12 bits per heavy atom. The van der Waals surface area contributed by atoms with E-state index in [1.54, 1.807) is 23.5 Å². The molecule has 4 nitrogen and oxygen atoms in total. The first-order chi connectivity index (χ1) is 7.75. The Kier molecular flexibility index (Phi) is 3.36. The van der Waals surface area contributed by atoms with Crippen molar-refractivity contribution in [2.75, 3.05) is 6.54 Å². The van der Waals surface area contributed by atoms with Gasteiger partial charge in [0.25, 0.3) is 5.91 Å². The number of carbonyl (C=O) groups is 1. The Bertz CT molecular complexity index is 462. The summed E-state index contributed by atoms with van der Waals surface area (Å²) in [6, 6.07) is 3.34. The fourth-order valence-electron chi connectivity index (χ4n) is 1.29. The lowest BCUT2D eigenvalue weighted by atomic mass is 10.4. The number of amides is 1. The standard InChI is InChI=1S/C11H12N2O2S/c1-8-7-13-10(16-8)4-5-12-11(14)9-3-2-6-15-9/h2-3,6-7H,4-5H2,1H3,(H,12,14). The van der Waals surface area contributed by atoms with Crippen LogP contribution in [0.25, 0.3) is 0 Å². The molecule has 1 N–H and O–H groups in total. The van der Waals surface area contributed by atoms with Crippen molar-refractivity contribution >= 4 is 17.2 Å². The van der Waals surface area contributed by atoms with Crippen molar-refractivity contribution in [2.24, 2.45) is 0 Å². The maximum Gasteiger partial charge on any atom is 0.286 e. The Balaban J connectivity index is 1.78. The molecule has 0 saturated heterocycles. The highest BCUT2D eigenvalue weighted by atomic mass is 32.1. The van der Waals surface area contributed by atoms with Gasteiger partial charge in [0, 0.05) is 24.0 Å². The summed E-state index contributed by atoms with van der Waals surface area (Å²) in [5.74, 6) is 0.161. The Morgan fingerprint density at radius 1 is 1.62 bits per heavy atom. The van der Waals surface area contributed by atoms with Gasteiger partial charge in [0.2, 0.25) is 0 Å². The van der Waals surface area contributed by atoms with Gasteiger partial charge < -0.3 is 9.73 Å². The Morgan fingerprint density at radius 2 is 2.50 bits per heavy atom. The van der Waals surface area contributed by atoms with E-state index in [1.807, 2.05) is 13.1 Å². The molecule has 2 aromatic heterocycles. The van der Waals surface area contributed by atoms with Crippen molar-refractivity contribution < 1.29 is 9.21 Å². The molecule has 0 aliphatic rings. The molecule has 5 heteroatoms. The summed E-state index contributed by atoms with van der Waals surface area (Å²) in [4.78, 5) is 16.9. The molecule has 0 fully saturated rings. The number of thiazole rings is 1. The second-order valence-corrected chi connectivity index (χ2v) is 4.67. The highest BCUT2D eigenvalue weighted by Gasteiger charge is 2.07. The summed E-state index contributed by atoms with van der Waals surface area (Å²) in [6.45, 7) is 2.59. The van der Waals surface area contributed by atoms with Crippen molar-refractivity contribution in [3.05, 3.63) is 40.2 Å². The van der Waals surface area contributed by atoms with E-state index < -0.39 is 0 Å². The number of furan rings is 1. The molecule has 1 amide bonds. The van der Waals surface area contributed by atoms with E-state index in [1.165, 1.54) is 11.1 Å². The van der Waals surface area contributed by atoms with Gasteiger partial charge in [0.05, 0.1) is 11.3 Å². The summed E-state index contributed by atoms with van der Waals surface area (Å²) in [7, 11) is 0. The molecule has 0 radical (unpaired) electrons. The average Bonchev–Trinajstić information content (AvgIpc) is 2.89. The predicted molar refractivity (Wildman–Crippen MR) is 61.6 cm³/mol. The smallest absolute Gasteiger partial charge is 0.286 e. The van der Waals surface area contributed by atoms with Crippen molar-refractivity contribution in [1.82, 2.24) is 10.3 Å². The van der Waals surface area contributed by atoms with Gasteiger partial charge in [-0.1, -0.05) is 0 Å².